The normalized spacial score (nSPS) is 21.3. The van der Waals surface area contributed by atoms with E-state index in [2.05, 4.69) is 45.4 Å². The van der Waals surface area contributed by atoms with E-state index in [4.69, 9.17) is 4.74 Å². The summed E-state index contributed by atoms with van der Waals surface area (Å²) in [5.74, 6) is 0.998. The summed E-state index contributed by atoms with van der Waals surface area (Å²) in [5.41, 5.74) is 3.66. The van der Waals surface area contributed by atoms with Crippen molar-refractivity contribution in [3.63, 3.8) is 0 Å². The Bertz CT molecular complexity index is 823. The zero-order valence-corrected chi connectivity index (χ0v) is 16.0. The first-order chi connectivity index (χ1) is 13.2. The third kappa shape index (κ3) is 3.22. The van der Waals surface area contributed by atoms with Gasteiger partial charge in [-0.05, 0) is 37.1 Å². The quantitative estimate of drug-likeness (QED) is 0.905. The van der Waals surface area contributed by atoms with Crippen LogP contribution in [0.4, 0.5) is 11.4 Å². The van der Waals surface area contributed by atoms with Crippen LogP contribution in [0.1, 0.15) is 12.5 Å². The minimum atomic E-state index is -0.0441. The molecule has 2 heterocycles. The van der Waals surface area contributed by atoms with Gasteiger partial charge in [0.25, 0.3) is 0 Å². The molecule has 2 aliphatic heterocycles. The number of para-hydroxylation sites is 3. The summed E-state index contributed by atoms with van der Waals surface area (Å²) in [7, 11) is 1.71. The van der Waals surface area contributed by atoms with Gasteiger partial charge in [-0.3, -0.25) is 4.79 Å². The Morgan fingerprint density at radius 3 is 2.63 bits per heavy atom. The van der Waals surface area contributed by atoms with Crippen molar-refractivity contribution in [1.29, 1.82) is 0 Å². The molecule has 5 nitrogen and oxygen atoms in total. The Morgan fingerprint density at radius 1 is 1.11 bits per heavy atom. The average Bonchev–Trinajstić information content (AvgIpc) is 2.72. The molecule has 2 aliphatic rings. The molecule has 0 unspecified atom stereocenters. The maximum absolute atomic E-state index is 12.8. The molecule has 0 bridgehead atoms. The number of anilines is 2. The molecule has 0 spiro atoms. The number of methoxy groups -OCH3 is 1. The van der Waals surface area contributed by atoms with Crippen LogP contribution in [0.5, 0.6) is 5.75 Å². The van der Waals surface area contributed by atoms with Gasteiger partial charge in [-0.25, -0.2) is 0 Å². The van der Waals surface area contributed by atoms with Crippen LogP contribution in [0.3, 0.4) is 0 Å². The highest BCUT2D eigenvalue weighted by Gasteiger charge is 2.41. The van der Waals surface area contributed by atoms with Gasteiger partial charge in [0.1, 0.15) is 5.75 Å². The second-order valence-electron chi connectivity index (χ2n) is 7.21. The fraction of sp³-hybridized carbons (Fsp3) is 0.409. The lowest BCUT2D eigenvalue weighted by atomic mass is 9.83. The molecular weight excluding hydrogens is 338 g/mol. The molecule has 2 atom stereocenters. The van der Waals surface area contributed by atoms with Gasteiger partial charge in [0, 0.05) is 31.9 Å². The number of carbonyl (C=O) groups is 1. The van der Waals surface area contributed by atoms with Crippen LogP contribution in [-0.2, 0) is 11.2 Å². The molecule has 0 radical (unpaired) electrons. The van der Waals surface area contributed by atoms with E-state index < -0.39 is 0 Å². The predicted octanol–water partition coefficient (Wildman–Crippen LogP) is 2.70. The molecule has 27 heavy (non-hydrogen) atoms. The number of nitrogens with one attached hydrogen (secondary N) is 1. The summed E-state index contributed by atoms with van der Waals surface area (Å²) in [6.07, 6.45) is 0.795. The van der Waals surface area contributed by atoms with E-state index in [1.807, 2.05) is 25.1 Å². The van der Waals surface area contributed by atoms with Crippen molar-refractivity contribution in [3.8, 4) is 5.75 Å². The fourth-order valence-corrected chi connectivity index (χ4v) is 4.47. The first-order valence-electron chi connectivity index (χ1n) is 9.73. The fourth-order valence-electron chi connectivity index (χ4n) is 4.47. The van der Waals surface area contributed by atoms with Crippen molar-refractivity contribution >= 4 is 17.3 Å². The minimum Gasteiger partial charge on any atom is -0.495 e. The lowest BCUT2D eigenvalue weighted by Crippen LogP contribution is -2.61. The SMILES string of the molecule is CCNC(=O)[C@H]1Cc2ccccc2N2CCN(c3ccccc3OC)C[C@@H]12. The Morgan fingerprint density at radius 2 is 1.85 bits per heavy atom. The number of nitrogens with zero attached hydrogens (tertiary/aromatic N) is 2. The standard InChI is InChI=1S/C22H27N3O2/c1-3-23-22(26)17-14-16-8-4-5-9-18(16)25-13-12-24(15-20(17)25)19-10-6-7-11-21(19)27-2/h4-11,17,20H,3,12-15H2,1-2H3,(H,23,26)/t17-,20-/m0/s1. The van der Waals surface area contributed by atoms with Gasteiger partial charge in [0.05, 0.1) is 24.8 Å². The summed E-state index contributed by atoms with van der Waals surface area (Å²) in [6, 6.07) is 16.8. The number of amides is 1. The Kier molecular flexibility index (Phi) is 4.92. The third-order valence-electron chi connectivity index (χ3n) is 5.74. The molecule has 4 rings (SSSR count). The van der Waals surface area contributed by atoms with Gasteiger partial charge in [-0.1, -0.05) is 30.3 Å². The van der Waals surface area contributed by atoms with Crippen LogP contribution in [0.15, 0.2) is 48.5 Å². The molecular formula is C22H27N3O2. The topological polar surface area (TPSA) is 44.8 Å². The highest BCUT2D eigenvalue weighted by atomic mass is 16.5. The molecule has 0 aromatic heterocycles. The Hall–Kier alpha value is -2.69. The molecule has 0 saturated carbocycles. The summed E-state index contributed by atoms with van der Waals surface area (Å²) in [4.78, 5) is 17.6. The van der Waals surface area contributed by atoms with Crippen LogP contribution >= 0.6 is 0 Å². The number of benzene rings is 2. The van der Waals surface area contributed by atoms with E-state index in [1.54, 1.807) is 7.11 Å². The molecule has 1 fully saturated rings. The van der Waals surface area contributed by atoms with Crippen molar-refractivity contribution in [3.05, 3.63) is 54.1 Å². The smallest absolute Gasteiger partial charge is 0.225 e. The van der Waals surface area contributed by atoms with Gasteiger partial charge in [0.15, 0.2) is 0 Å². The summed E-state index contributed by atoms with van der Waals surface area (Å²) in [5, 5.41) is 3.05. The van der Waals surface area contributed by atoms with E-state index in [0.29, 0.717) is 6.54 Å². The monoisotopic (exact) mass is 365 g/mol. The number of hydrogen-bond acceptors (Lipinski definition) is 4. The molecule has 1 N–H and O–H groups in total. The van der Waals surface area contributed by atoms with Gasteiger partial charge < -0.3 is 19.9 Å². The summed E-state index contributed by atoms with van der Waals surface area (Å²) >= 11 is 0. The van der Waals surface area contributed by atoms with Gasteiger partial charge in [-0.2, -0.15) is 0 Å². The van der Waals surface area contributed by atoms with Gasteiger partial charge >= 0.3 is 0 Å². The second kappa shape index (κ2) is 7.51. The number of fused-ring (bicyclic) bond motifs is 3. The van der Waals surface area contributed by atoms with Crippen molar-refractivity contribution in [2.45, 2.75) is 19.4 Å². The van der Waals surface area contributed by atoms with Crippen molar-refractivity contribution < 1.29 is 9.53 Å². The second-order valence-corrected chi connectivity index (χ2v) is 7.21. The van der Waals surface area contributed by atoms with Crippen LogP contribution in [0.25, 0.3) is 0 Å². The average molecular weight is 365 g/mol. The summed E-state index contributed by atoms with van der Waals surface area (Å²) < 4.78 is 5.57. The summed E-state index contributed by atoms with van der Waals surface area (Å²) in [6.45, 7) is 5.27. The maximum Gasteiger partial charge on any atom is 0.225 e. The molecule has 142 valence electrons. The highest BCUT2D eigenvalue weighted by Crippen LogP contribution is 2.38. The lowest BCUT2D eigenvalue weighted by Gasteiger charge is -2.49. The molecule has 1 amide bonds. The molecule has 2 aromatic rings. The van der Waals surface area contributed by atoms with Crippen LogP contribution in [-0.4, -0.2) is 45.2 Å². The van der Waals surface area contributed by atoms with Crippen molar-refractivity contribution in [2.24, 2.45) is 5.92 Å². The number of hydrogen-bond donors (Lipinski definition) is 1. The van der Waals surface area contributed by atoms with Crippen LogP contribution in [0, 0.1) is 5.92 Å². The van der Waals surface area contributed by atoms with E-state index >= 15 is 0 Å². The molecule has 1 saturated heterocycles. The van der Waals surface area contributed by atoms with Crippen LogP contribution in [0.2, 0.25) is 0 Å². The minimum absolute atomic E-state index is 0.0441. The lowest BCUT2D eigenvalue weighted by molar-refractivity contribution is -0.125. The van der Waals surface area contributed by atoms with E-state index in [1.165, 1.54) is 11.3 Å². The first-order valence-corrected chi connectivity index (χ1v) is 9.73. The van der Waals surface area contributed by atoms with Gasteiger partial charge in [-0.15, -0.1) is 0 Å². The zero-order chi connectivity index (χ0) is 18.8. The van der Waals surface area contributed by atoms with Crippen LogP contribution < -0.4 is 19.9 Å². The third-order valence-corrected chi connectivity index (χ3v) is 5.74. The van der Waals surface area contributed by atoms with Crippen molar-refractivity contribution in [2.75, 3.05) is 43.1 Å². The van der Waals surface area contributed by atoms with E-state index in [9.17, 15) is 4.79 Å². The number of piperazine rings is 1. The maximum atomic E-state index is 12.8. The number of carbonyl (C=O) groups excluding carboxylic acids is 1. The van der Waals surface area contributed by atoms with E-state index in [0.717, 1.165) is 37.5 Å². The van der Waals surface area contributed by atoms with Crippen molar-refractivity contribution in [1.82, 2.24) is 5.32 Å². The first kappa shape index (κ1) is 17.7. The zero-order valence-electron chi connectivity index (χ0n) is 16.0. The Balaban J connectivity index is 1.67. The molecule has 2 aromatic carbocycles. The molecule has 5 heteroatoms. The largest absolute Gasteiger partial charge is 0.495 e. The predicted molar refractivity (Wildman–Crippen MR) is 109 cm³/mol. The van der Waals surface area contributed by atoms with E-state index in [-0.39, 0.29) is 17.9 Å². The number of ether oxygens (including phenoxy) is 1. The highest BCUT2D eigenvalue weighted by molar-refractivity contribution is 5.82. The molecule has 0 aliphatic carbocycles. The Labute approximate surface area is 160 Å². The van der Waals surface area contributed by atoms with Gasteiger partial charge in [0.2, 0.25) is 5.91 Å². The number of rotatable bonds is 4.